The summed E-state index contributed by atoms with van der Waals surface area (Å²) in [5.74, 6) is 0. The van der Waals surface area contributed by atoms with Crippen molar-refractivity contribution in [3.8, 4) is 0 Å². The lowest BCUT2D eigenvalue weighted by Crippen LogP contribution is -2.50. The van der Waals surface area contributed by atoms with Gasteiger partial charge < -0.3 is 10.2 Å². The summed E-state index contributed by atoms with van der Waals surface area (Å²) in [6.07, 6.45) is 0. The highest BCUT2D eigenvalue weighted by Crippen LogP contribution is 2.21. The minimum Gasteiger partial charge on any atom is -0.318 e. The van der Waals surface area contributed by atoms with E-state index in [0.717, 1.165) is 26.2 Å². The molecule has 0 aromatic heterocycles. The molecule has 0 aliphatic carbocycles. The predicted octanol–water partition coefficient (Wildman–Crippen LogP) is 1.13. The van der Waals surface area contributed by atoms with E-state index in [4.69, 9.17) is 0 Å². The van der Waals surface area contributed by atoms with Crippen molar-refractivity contribution in [1.29, 1.82) is 0 Å². The smallest absolute Gasteiger partial charge is 0.0473 e. The molecule has 0 saturated carbocycles. The first-order valence-electron chi connectivity index (χ1n) is 8.01. The Hall–Kier alpha value is -0.940. The summed E-state index contributed by atoms with van der Waals surface area (Å²) in [5, 5.41) is 3.35. The zero-order valence-electron chi connectivity index (χ0n) is 13.8. The molecule has 1 aliphatic rings. The van der Waals surface area contributed by atoms with Gasteiger partial charge in [-0.05, 0) is 26.7 Å². The maximum atomic E-state index is 3.35. The van der Waals surface area contributed by atoms with E-state index in [1.165, 1.54) is 25.2 Å². The van der Waals surface area contributed by atoms with Gasteiger partial charge in [0.15, 0.2) is 0 Å². The molecule has 1 aromatic rings. The fourth-order valence-corrected chi connectivity index (χ4v) is 2.97. The molecule has 0 amide bonds. The van der Waals surface area contributed by atoms with Crippen molar-refractivity contribution >= 4 is 0 Å². The van der Waals surface area contributed by atoms with Gasteiger partial charge in [0, 0.05) is 51.9 Å². The molecule has 1 aromatic carbocycles. The Balaban J connectivity index is 1.89. The van der Waals surface area contributed by atoms with Crippen molar-refractivity contribution in [2.75, 3.05) is 67.0 Å². The van der Waals surface area contributed by atoms with Gasteiger partial charge in [-0.2, -0.15) is 0 Å². The number of benzene rings is 1. The molecule has 1 saturated heterocycles. The van der Waals surface area contributed by atoms with Crippen LogP contribution in [0.3, 0.4) is 0 Å². The summed E-state index contributed by atoms with van der Waals surface area (Å²) in [5.41, 5.74) is 1.42. The first kappa shape index (κ1) is 16.4. The van der Waals surface area contributed by atoms with Crippen LogP contribution in [0, 0.1) is 0 Å². The molecule has 1 N–H and O–H groups in total. The van der Waals surface area contributed by atoms with Crippen LogP contribution in [-0.2, 0) is 0 Å². The second kappa shape index (κ2) is 8.49. The molecule has 1 atom stereocenters. The molecule has 1 aliphatic heterocycles. The maximum Gasteiger partial charge on any atom is 0.0473 e. The summed E-state index contributed by atoms with van der Waals surface area (Å²) in [4.78, 5) is 7.47. The van der Waals surface area contributed by atoms with Crippen LogP contribution in [0.4, 0.5) is 0 Å². The summed E-state index contributed by atoms with van der Waals surface area (Å²) in [7, 11) is 6.34. The molecule has 1 unspecified atom stereocenters. The van der Waals surface area contributed by atoms with Crippen LogP contribution in [0.15, 0.2) is 30.3 Å². The summed E-state index contributed by atoms with van der Waals surface area (Å²) in [6.45, 7) is 8.04. The van der Waals surface area contributed by atoms with Gasteiger partial charge in [0.05, 0.1) is 0 Å². The molecule has 2 rings (SSSR count). The van der Waals surface area contributed by atoms with E-state index in [-0.39, 0.29) is 0 Å². The van der Waals surface area contributed by atoms with Crippen molar-refractivity contribution in [1.82, 2.24) is 20.0 Å². The maximum absolute atomic E-state index is 3.35. The molecule has 1 fully saturated rings. The topological polar surface area (TPSA) is 21.8 Å². The SMILES string of the molecule is CNCC(c1ccccc1)N1CCN(CCN(C)C)CC1. The fourth-order valence-electron chi connectivity index (χ4n) is 2.97. The number of hydrogen-bond donors (Lipinski definition) is 1. The van der Waals surface area contributed by atoms with Crippen LogP contribution in [0.2, 0.25) is 0 Å². The third kappa shape index (κ3) is 5.08. The predicted molar refractivity (Wildman–Crippen MR) is 89.7 cm³/mol. The van der Waals surface area contributed by atoms with Gasteiger partial charge in [-0.1, -0.05) is 30.3 Å². The Morgan fingerprint density at radius 1 is 1.10 bits per heavy atom. The Morgan fingerprint density at radius 3 is 2.33 bits per heavy atom. The fraction of sp³-hybridized carbons (Fsp3) is 0.647. The van der Waals surface area contributed by atoms with E-state index >= 15 is 0 Å². The van der Waals surface area contributed by atoms with Gasteiger partial charge in [0.2, 0.25) is 0 Å². The molecule has 21 heavy (non-hydrogen) atoms. The van der Waals surface area contributed by atoms with Gasteiger partial charge in [-0.25, -0.2) is 0 Å². The van der Waals surface area contributed by atoms with Gasteiger partial charge >= 0.3 is 0 Å². The third-order valence-electron chi connectivity index (χ3n) is 4.29. The lowest BCUT2D eigenvalue weighted by molar-refractivity contribution is 0.0914. The summed E-state index contributed by atoms with van der Waals surface area (Å²) < 4.78 is 0. The number of piperazine rings is 1. The molecule has 0 bridgehead atoms. The average molecular weight is 290 g/mol. The van der Waals surface area contributed by atoms with Crippen molar-refractivity contribution in [3.63, 3.8) is 0 Å². The quantitative estimate of drug-likeness (QED) is 0.812. The normalized spacial score (nSPS) is 19.0. The largest absolute Gasteiger partial charge is 0.318 e. The van der Waals surface area contributed by atoms with Crippen LogP contribution >= 0.6 is 0 Å². The van der Waals surface area contributed by atoms with E-state index in [1.54, 1.807) is 0 Å². The highest BCUT2D eigenvalue weighted by atomic mass is 15.3. The van der Waals surface area contributed by atoms with E-state index in [0.29, 0.717) is 6.04 Å². The van der Waals surface area contributed by atoms with Crippen molar-refractivity contribution < 1.29 is 0 Å². The second-order valence-electron chi connectivity index (χ2n) is 6.17. The number of nitrogens with zero attached hydrogens (tertiary/aromatic N) is 3. The third-order valence-corrected chi connectivity index (χ3v) is 4.29. The van der Waals surface area contributed by atoms with Gasteiger partial charge in [0.25, 0.3) is 0 Å². The second-order valence-corrected chi connectivity index (χ2v) is 6.17. The van der Waals surface area contributed by atoms with Crippen LogP contribution in [0.1, 0.15) is 11.6 Å². The zero-order chi connectivity index (χ0) is 15.1. The van der Waals surface area contributed by atoms with Crippen LogP contribution in [-0.4, -0.2) is 81.7 Å². The molecule has 118 valence electrons. The van der Waals surface area contributed by atoms with Crippen LogP contribution < -0.4 is 5.32 Å². The van der Waals surface area contributed by atoms with E-state index in [9.17, 15) is 0 Å². The highest BCUT2D eigenvalue weighted by molar-refractivity contribution is 5.19. The molecule has 0 spiro atoms. The van der Waals surface area contributed by atoms with Crippen molar-refractivity contribution in [2.24, 2.45) is 0 Å². The van der Waals surface area contributed by atoms with Crippen molar-refractivity contribution in [3.05, 3.63) is 35.9 Å². The lowest BCUT2D eigenvalue weighted by Gasteiger charge is -2.39. The minimum atomic E-state index is 0.493. The number of rotatable bonds is 7. The van der Waals surface area contributed by atoms with Gasteiger partial charge in [0.1, 0.15) is 0 Å². The Morgan fingerprint density at radius 2 is 1.76 bits per heavy atom. The number of hydrogen-bond acceptors (Lipinski definition) is 4. The van der Waals surface area contributed by atoms with Gasteiger partial charge in [-0.15, -0.1) is 0 Å². The lowest BCUT2D eigenvalue weighted by atomic mass is 10.0. The average Bonchev–Trinajstić information content (AvgIpc) is 2.52. The Bertz CT molecular complexity index is 385. The Labute approximate surface area is 129 Å². The molecule has 4 heteroatoms. The van der Waals surface area contributed by atoms with E-state index in [2.05, 4.69) is 64.4 Å². The highest BCUT2D eigenvalue weighted by Gasteiger charge is 2.24. The van der Waals surface area contributed by atoms with Crippen molar-refractivity contribution in [2.45, 2.75) is 6.04 Å². The first-order valence-corrected chi connectivity index (χ1v) is 8.01. The molecule has 0 radical (unpaired) electrons. The first-order chi connectivity index (χ1) is 10.2. The molecular weight excluding hydrogens is 260 g/mol. The van der Waals surface area contributed by atoms with Crippen LogP contribution in [0.25, 0.3) is 0 Å². The van der Waals surface area contributed by atoms with E-state index < -0.39 is 0 Å². The molecule has 4 nitrogen and oxygen atoms in total. The standard InChI is InChI=1S/C17H30N4/c1-18-15-17(16-7-5-4-6-8-16)21-13-11-20(12-14-21)10-9-19(2)3/h4-8,17-18H,9-15H2,1-3H3. The van der Waals surface area contributed by atoms with Crippen LogP contribution in [0.5, 0.6) is 0 Å². The Kier molecular flexibility index (Phi) is 6.64. The number of nitrogens with one attached hydrogen (secondary N) is 1. The molecule has 1 heterocycles. The minimum absolute atomic E-state index is 0.493. The van der Waals surface area contributed by atoms with E-state index in [1.807, 2.05) is 7.05 Å². The molecular formula is C17H30N4. The monoisotopic (exact) mass is 290 g/mol. The number of likely N-dealkylation sites (N-methyl/N-ethyl adjacent to an activating group) is 2. The zero-order valence-corrected chi connectivity index (χ0v) is 13.8. The van der Waals surface area contributed by atoms with Gasteiger partial charge in [-0.3, -0.25) is 9.80 Å². The summed E-state index contributed by atoms with van der Waals surface area (Å²) >= 11 is 0. The summed E-state index contributed by atoms with van der Waals surface area (Å²) in [6, 6.07) is 11.4.